The number of hydrogen-bond acceptors (Lipinski definition) is 5. The second kappa shape index (κ2) is 11.2. The molecule has 2 amide bonds. The van der Waals surface area contributed by atoms with E-state index in [4.69, 9.17) is 0 Å². The molecule has 0 bridgehead atoms. The first-order chi connectivity index (χ1) is 16.2. The minimum absolute atomic E-state index is 0.0532. The Kier molecular flexibility index (Phi) is 7.66. The van der Waals surface area contributed by atoms with Crippen LogP contribution in [-0.2, 0) is 16.1 Å². The van der Waals surface area contributed by atoms with Crippen LogP contribution in [0, 0.1) is 0 Å². The Morgan fingerprint density at radius 3 is 2.15 bits per heavy atom. The third kappa shape index (κ3) is 6.17. The lowest BCUT2D eigenvalue weighted by atomic mass is 10.1. The third-order valence-corrected chi connectivity index (χ3v) is 5.90. The molecule has 7 heteroatoms. The van der Waals surface area contributed by atoms with E-state index in [0.29, 0.717) is 13.1 Å². The number of hydrogen-bond donors (Lipinski definition) is 2. The van der Waals surface area contributed by atoms with E-state index in [2.05, 4.69) is 49.7 Å². The Morgan fingerprint density at radius 1 is 0.818 bits per heavy atom. The Hall–Kier alpha value is -3.71. The molecule has 1 aliphatic heterocycles. The first kappa shape index (κ1) is 22.5. The fourth-order valence-electron chi connectivity index (χ4n) is 4.09. The van der Waals surface area contributed by atoms with E-state index in [1.807, 2.05) is 54.7 Å². The highest BCUT2D eigenvalue weighted by Crippen LogP contribution is 2.23. The van der Waals surface area contributed by atoms with Crippen molar-refractivity contribution in [2.45, 2.75) is 12.6 Å². The van der Waals surface area contributed by atoms with Gasteiger partial charge in [-0.05, 0) is 29.3 Å². The van der Waals surface area contributed by atoms with Crippen LogP contribution in [0.2, 0.25) is 0 Å². The summed E-state index contributed by atoms with van der Waals surface area (Å²) in [5.74, 6) is -1.25. The van der Waals surface area contributed by atoms with Crippen LogP contribution in [0.1, 0.15) is 17.2 Å². The highest BCUT2D eigenvalue weighted by Gasteiger charge is 2.26. The molecule has 4 rings (SSSR count). The van der Waals surface area contributed by atoms with Crippen molar-refractivity contribution in [3.8, 4) is 0 Å². The summed E-state index contributed by atoms with van der Waals surface area (Å²) in [6, 6.07) is 23.8. The number of anilines is 1. The number of nitrogens with zero attached hydrogens (tertiary/aromatic N) is 3. The Labute approximate surface area is 194 Å². The van der Waals surface area contributed by atoms with Crippen LogP contribution in [0.25, 0.3) is 0 Å². The summed E-state index contributed by atoms with van der Waals surface area (Å²) in [7, 11) is 0. The molecule has 0 spiro atoms. The lowest BCUT2D eigenvalue weighted by molar-refractivity contribution is -0.139. The largest absolute Gasteiger partial charge is 0.369 e. The average molecular weight is 444 g/mol. The normalized spacial score (nSPS) is 15.0. The minimum Gasteiger partial charge on any atom is -0.369 e. The van der Waals surface area contributed by atoms with Crippen molar-refractivity contribution in [1.82, 2.24) is 20.5 Å². The van der Waals surface area contributed by atoms with Crippen LogP contribution in [0.15, 0.2) is 85.2 Å². The minimum atomic E-state index is -0.627. The smallest absolute Gasteiger partial charge is 0.309 e. The molecule has 1 aromatic heterocycles. The molecule has 1 fully saturated rings. The third-order valence-electron chi connectivity index (χ3n) is 5.90. The molecule has 2 heterocycles. The number of benzene rings is 2. The highest BCUT2D eigenvalue weighted by atomic mass is 16.2. The second-order valence-corrected chi connectivity index (χ2v) is 8.04. The summed E-state index contributed by atoms with van der Waals surface area (Å²) >= 11 is 0. The van der Waals surface area contributed by atoms with Crippen molar-refractivity contribution in [3.05, 3.63) is 96.3 Å². The van der Waals surface area contributed by atoms with E-state index in [1.165, 1.54) is 5.69 Å². The van der Waals surface area contributed by atoms with Crippen molar-refractivity contribution in [1.29, 1.82) is 0 Å². The van der Waals surface area contributed by atoms with Crippen molar-refractivity contribution < 1.29 is 9.59 Å². The predicted molar refractivity (Wildman–Crippen MR) is 129 cm³/mol. The first-order valence-corrected chi connectivity index (χ1v) is 11.2. The maximum Gasteiger partial charge on any atom is 0.309 e. The number of amides is 2. The van der Waals surface area contributed by atoms with Gasteiger partial charge in [-0.3, -0.25) is 19.5 Å². The molecular formula is C26H29N5O2. The van der Waals surface area contributed by atoms with Gasteiger partial charge in [0.15, 0.2) is 0 Å². The molecule has 2 aromatic carbocycles. The first-order valence-electron chi connectivity index (χ1n) is 11.2. The zero-order valence-electron chi connectivity index (χ0n) is 18.6. The standard InChI is InChI=1S/C26H29N5O2/c32-25(28-18-21-8-3-1-4-9-21)26(33)29-20-24(22-10-7-13-27-19-22)31-16-14-30(15-17-31)23-11-5-2-6-12-23/h1-13,19,24H,14-18,20H2,(H,28,32)(H,29,33)/t24-/m0/s1. The Morgan fingerprint density at radius 2 is 1.48 bits per heavy atom. The quantitative estimate of drug-likeness (QED) is 0.549. The van der Waals surface area contributed by atoms with Gasteiger partial charge in [-0.25, -0.2) is 0 Å². The van der Waals surface area contributed by atoms with Gasteiger partial charge in [0.05, 0.1) is 6.04 Å². The van der Waals surface area contributed by atoms with Gasteiger partial charge in [-0.2, -0.15) is 0 Å². The predicted octanol–water partition coefficient (Wildman–Crippen LogP) is 2.38. The van der Waals surface area contributed by atoms with Gasteiger partial charge in [0.25, 0.3) is 0 Å². The molecule has 0 saturated carbocycles. The maximum absolute atomic E-state index is 12.5. The Bertz CT molecular complexity index is 1020. The Balaban J connectivity index is 1.34. The average Bonchev–Trinajstić information content (AvgIpc) is 2.89. The van der Waals surface area contributed by atoms with E-state index in [0.717, 1.165) is 37.3 Å². The van der Waals surface area contributed by atoms with Crippen LogP contribution >= 0.6 is 0 Å². The molecule has 1 saturated heterocycles. The van der Waals surface area contributed by atoms with E-state index < -0.39 is 11.8 Å². The molecule has 170 valence electrons. The molecule has 0 radical (unpaired) electrons. The number of nitrogens with one attached hydrogen (secondary N) is 2. The fraction of sp³-hybridized carbons (Fsp3) is 0.269. The van der Waals surface area contributed by atoms with Gasteiger partial charge < -0.3 is 15.5 Å². The zero-order valence-corrected chi connectivity index (χ0v) is 18.6. The van der Waals surface area contributed by atoms with Gasteiger partial charge in [0, 0.05) is 57.3 Å². The molecular weight excluding hydrogens is 414 g/mol. The summed E-state index contributed by atoms with van der Waals surface area (Å²) in [5.41, 5.74) is 3.19. The van der Waals surface area contributed by atoms with Gasteiger partial charge in [-0.15, -0.1) is 0 Å². The van der Waals surface area contributed by atoms with Crippen molar-refractivity contribution in [2.24, 2.45) is 0 Å². The molecule has 3 aromatic rings. The second-order valence-electron chi connectivity index (χ2n) is 8.04. The lowest BCUT2D eigenvalue weighted by Gasteiger charge is -2.40. The van der Waals surface area contributed by atoms with Gasteiger partial charge >= 0.3 is 11.8 Å². The lowest BCUT2D eigenvalue weighted by Crippen LogP contribution is -2.50. The number of para-hydroxylation sites is 1. The summed E-state index contributed by atoms with van der Waals surface area (Å²) in [6.45, 7) is 4.16. The highest BCUT2D eigenvalue weighted by molar-refractivity contribution is 6.35. The summed E-state index contributed by atoms with van der Waals surface area (Å²) in [4.78, 5) is 33.7. The topological polar surface area (TPSA) is 77.6 Å². The monoisotopic (exact) mass is 443 g/mol. The van der Waals surface area contributed by atoms with E-state index >= 15 is 0 Å². The van der Waals surface area contributed by atoms with E-state index in [9.17, 15) is 9.59 Å². The van der Waals surface area contributed by atoms with E-state index in [1.54, 1.807) is 6.20 Å². The number of rotatable bonds is 7. The number of carbonyl (C=O) groups is 2. The van der Waals surface area contributed by atoms with Crippen LogP contribution < -0.4 is 15.5 Å². The summed E-state index contributed by atoms with van der Waals surface area (Å²) in [6.07, 6.45) is 3.57. The molecule has 0 unspecified atom stereocenters. The van der Waals surface area contributed by atoms with Crippen LogP contribution in [0.4, 0.5) is 5.69 Å². The van der Waals surface area contributed by atoms with Crippen LogP contribution in [0.5, 0.6) is 0 Å². The fourth-order valence-corrected chi connectivity index (χ4v) is 4.09. The maximum atomic E-state index is 12.5. The SMILES string of the molecule is O=C(NCc1ccccc1)C(=O)NC[C@@H](c1cccnc1)N1CCN(c2ccccc2)CC1. The number of piperazine rings is 1. The molecule has 1 aliphatic rings. The van der Waals surface area contributed by atoms with Crippen molar-refractivity contribution >= 4 is 17.5 Å². The molecule has 2 N–H and O–H groups in total. The summed E-state index contributed by atoms with van der Waals surface area (Å²) in [5, 5.41) is 5.51. The van der Waals surface area contributed by atoms with Crippen molar-refractivity contribution in [3.63, 3.8) is 0 Å². The molecule has 0 aliphatic carbocycles. The number of aromatic nitrogens is 1. The van der Waals surface area contributed by atoms with Gasteiger partial charge in [-0.1, -0.05) is 54.6 Å². The molecule has 1 atom stereocenters. The number of carbonyl (C=O) groups excluding carboxylic acids is 2. The molecule has 33 heavy (non-hydrogen) atoms. The van der Waals surface area contributed by atoms with Crippen LogP contribution in [-0.4, -0.2) is 54.4 Å². The van der Waals surface area contributed by atoms with Crippen molar-refractivity contribution in [2.75, 3.05) is 37.6 Å². The number of pyridine rings is 1. The van der Waals surface area contributed by atoms with Gasteiger partial charge in [0.2, 0.25) is 0 Å². The van der Waals surface area contributed by atoms with Crippen LogP contribution in [0.3, 0.4) is 0 Å². The zero-order chi connectivity index (χ0) is 22.9. The summed E-state index contributed by atoms with van der Waals surface area (Å²) < 4.78 is 0. The molecule has 7 nitrogen and oxygen atoms in total. The van der Waals surface area contributed by atoms with E-state index in [-0.39, 0.29) is 6.04 Å². The van der Waals surface area contributed by atoms with Gasteiger partial charge in [0.1, 0.15) is 0 Å².